The molecule has 2 nitrogen and oxygen atoms in total. The summed E-state index contributed by atoms with van der Waals surface area (Å²) in [6.07, 6.45) is 5.83. The number of fused-ring (bicyclic) bond motifs is 1. The minimum Gasteiger partial charge on any atom is -0.348 e. The van der Waals surface area contributed by atoms with E-state index in [0.717, 1.165) is 31.4 Å². The quantitative estimate of drug-likeness (QED) is 0.677. The molecule has 1 aliphatic heterocycles. The number of aryl methyl sites for hydroxylation is 1. The third kappa shape index (κ3) is 1.43. The van der Waals surface area contributed by atoms with Gasteiger partial charge in [0.25, 0.3) is 0 Å². The van der Waals surface area contributed by atoms with E-state index in [0.29, 0.717) is 11.7 Å². The highest BCUT2D eigenvalue weighted by Crippen LogP contribution is 2.35. The van der Waals surface area contributed by atoms with Gasteiger partial charge in [0, 0.05) is 29.4 Å². The maximum absolute atomic E-state index is 12.1. The highest BCUT2D eigenvalue weighted by Gasteiger charge is 2.33. The summed E-state index contributed by atoms with van der Waals surface area (Å²) < 4.78 is 2.35. The molecule has 0 unspecified atom stereocenters. The SMILES string of the molecule is Cc1cc(C(=O)C2CC2)c2n1CCCC2. The van der Waals surface area contributed by atoms with E-state index in [-0.39, 0.29) is 0 Å². The van der Waals surface area contributed by atoms with E-state index in [1.807, 2.05) is 0 Å². The summed E-state index contributed by atoms with van der Waals surface area (Å²) in [5, 5.41) is 0. The molecule has 3 rings (SSSR count). The van der Waals surface area contributed by atoms with Crippen LogP contribution in [0.1, 0.15) is 47.4 Å². The van der Waals surface area contributed by atoms with E-state index in [2.05, 4.69) is 17.6 Å². The number of carbonyl (C=O) groups is 1. The lowest BCUT2D eigenvalue weighted by molar-refractivity contribution is 0.0966. The standard InChI is InChI=1S/C13H17NO/c1-9-8-11(13(15)10-5-6-10)12-4-2-3-7-14(9)12/h8,10H,2-7H2,1H3. The first-order chi connectivity index (χ1) is 7.27. The summed E-state index contributed by atoms with van der Waals surface area (Å²) >= 11 is 0. The molecule has 0 spiro atoms. The molecular formula is C13H17NO. The van der Waals surface area contributed by atoms with Crippen LogP contribution >= 0.6 is 0 Å². The Hall–Kier alpha value is -1.05. The van der Waals surface area contributed by atoms with Gasteiger partial charge in [-0.2, -0.15) is 0 Å². The predicted molar refractivity (Wildman–Crippen MR) is 59.2 cm³/mol. The number of carbonyl (C=O) groups excluding carboxylic acids is 1. The molecule has 0 atom stereocenters. The minimum absolute atomic E-state index is 0.360. The first-order valence-corrected chi connectivity index (χ1v) is 6.00. The van der Waals surface area contributed by atoms with Crippen LogP contribution in [0.2, 0.25) is 0 Å². The first kappa shape index (κ1) is 9.20. The van der Waals surface area contributed by atoms with Crippen LogP contribution in [0.5, 0.6) is 0 Å². The van der Waals surface area contributed by atoms with Crippen molar-refractivity contribution in [3.05, 3.63) is 23.0 Å². The van der Waals surface area contributed by atoms with E-state index in [4.69, 9.17) is 0 Å². The van der Waals surface area contributed by atoms with Gasteiger partial charge in [0.15, 0.2) is 5.78 Å². The zero-order valence-electron chi connectivity index (χ0n) is 9.25. The van der Waals surface area contributed by atoms with E-state index in [9.17, 15) is 4.79 Å². The topological polar surface area (TPSA) is 22.0 Å². The third-order valence-electron chi connectivity index (χ3n) is 3.67. The fraction of sp³-hybridized carbons (Fsp3) is 0.615. The Bertz CT molecular complexity index is 412. The van der Waals surface area contributed by atoms with Gasteiger partial charge in [0.1, 0.15) is 0 Å². The summed E-state index contributed by atoms with van der Waals surface area (Å²) in [5.74, 6) is 0.771. The molecule has 0 aromatic carbocycles. The van der Waals surface area contributed by atoms with Crippen LogP contribution in [-0.4, -0.2) is 10.4 Å². The van der Waals surface area contributed by atoms with Crippen LogP contribution in [0.15, 0.2) is 6.07 Å². The predicted octanol–water partition coefficient (Wildman–Crippen LogP) is 2.73. The summed E-state index contributed by atoms with van der Waals surface area (Å²) in [4.78, 5) is 12.1. The lowest BCUT2D eigenvalue weighted by atomic mass is 10.0. The zero-order chi connectivity index (χ0) is 10.4. The van der Waals surface area contributed by atoms with Crippen LogP contribution in [0, 0.1) is 12.8 Å². The number of hydrogen-bond acceptors (Lipinski definition) is 1. The van der Waals surface area contributed by atoms with Crippen molar-refractivity contribution in [3.8, 4) is 0 Å². The number of aromatic nitrogens is 1. The number of nitrogens with zero attached hydrogens (tertiary/aromatic N) is 1. The van der Waals surface area contributed by atoms with E-state index >= 15 is 0 Å². The fourth-order valence-corrected chi connectivity index (χ4v) is 2.65. The van der Waals surface area contributed by atoms with Crippen molar-refractivity contribution < 1.29 is 4.79 Å². The molecule has 2 heterocycles. The molecule has 2 heteroatoms. The molecule has 80 valence electrons. The Morgan fingerprint density at radius 1 is 1.40 bits per heavy atom. The van der Waals surface area contributed by atoms with Crippen LogP contribution in [-0.2, 0) is 13.0 Å². The lowest BCUT2D eigenvalue weighted by Crippen LogP contribution is -2.14. The average Bonchev–Trinajstić information content (AvgIpc) is 3.04. The first-order valence-electron chi connectivity index (χ1n) is 6.00. The Labute approximate surface area is 90.3 Å². The van der Waals surface area contributed by atoms with Crippen LogP contribution in [0.25, 0.3) is 0 Å². The molecule has 15 heavy (non-hydrogen) atoms. The zero-order valence-corrected chi connectivity index (χ0v) is 9.25. The van der Waals surface area contributed by atoms with E-state index in [1.54, 1.807) is 0 Å². The van der Waals surface area contributed by atoms with Crippen molar-refractivity contribution in [2.75, 3.05) is 0 Å². The van der Waals surface area contributed by atoms with Crippen LogP contribution < -0.4 is 0 Å². The molecule has 0 saturated heterocycles. The Balaban J connectivity index is 2.03. The van der Waals surface area contributed by atoms with Gasteiger partial charge in [-0.1, -0.05) is 0 Å². The van der Waals surface area contributed by atoms with Crippen LogP contribution in [0.4, 0.5) is 0 Å². The van der Waals surface area contributed by atoms with E-state index in [1.165, 1.54) is 24.2 Å². The van der Waals surface area contributed by atoms with Crippen molar-refractivity contribution in [3.63, 3.8) is 0 Å². The Morgan fingerprint density at radius 2 is 2.20 bits per heavy atom. The molecule has 0 amide bonds. The normalized spacial score (nSPS) is 20.1. The molecule has 1 fully saturated rings. The second-order valence-electron chi connectivity index (χ2n) is 4.89. The number of ketones is 1. The number of hydrogen-bond donors (Lipinski definition) is 0. The largest absolute Gasteiger partial charge is 0.348 e. The van der Waals surface area contributed by atoms with Gasteiger partial charge in [0.2, 0.25) is 0 Å². The molecular weight excluding hydrogens is 186 g/mol. The number of rotatable bonds is 2. The second kappa shape index (κ2) is 3.22. The Morgan fingerprint density at radius 3 is 2.93 bits per heavy atom. The summed E-state index contributed by atoms with van der Waals surface area (Å²) in [6, 6.07) is 2.11. The van der Waals surface area contributed by atoms with Gasteiger partial charge in [-0.15, -0.1) is 0 Å². The molecule has 1 aromatic heterocycles. The molecule has 2 aliphatic rings. The minimum atomic E-state index is 0.360. The second-order valence-corrected chi connectivity index (χ2v) is 4.89. The molecule has 0 bridgehead atoms. The molecule has 0 N–H and O–H groups in total. The van der Waals surface area contributed by atoms with Crippen molar-refractivity contribution in [1.82, 2.24) is 4.57 Å². The van der Waals surface area contributed by atoms with Crippen molar-refractivity contribution in [2.45, 2.75) is 45.6 Å². The monoisotopic (exact) mass is 203 g/mol. The van der Waals surface area contributed by atoms with Gasteiger partial charge < -0.3 is 4.57 Å². The molecule has 0 radical (unpaired) electrons. The lowest BCUT2D eigenvalue weighted by Gasteiger charge is -2.17. The highest BCUT2D eigenvalue weighted by atomic mass is 16.1. The van der Waals surface area contributed by atoms with Crippen molar-refractivity contribution >= 4 is 5.78 Å². The summed E-state index contributed by atoms with van der Waals surface area (Å²) in [6.45, 7) is 3.23. The van der Waals surface area contributed by atoms with Gasteiger partial charge in [-0.25, -0.2) is 0 Å². The Kier molecular flexibility index (Phi) is 1.98. The van der Waals surface area contributed by atoms with Crippen molar-refractivity contribution in [2.24, 2.45) is 5.92 Å². The fourth-order valence-electron chi connectivity index (χ4n) is 2.65. The van der Waals surface area contributed by atoms with Gasteiger partial charge in [0.05, 0.1) is 0 Å². The maximum atomic E-state index is 12.1. The maximum Gasteiger partial charge on any atom is 0.167 e. The van der Waals surface area contributed by atoms with E-state index < -0.39 is 0 Å². The van der Waals surface area contributed by atoms with Gasteiger partial charge in [-0.05, 0) is 45.1 Å². The van der Waals surface area contributed by atoms with Crippen molar-refractivity contribution in [1.29, 1.82) is 0 Å². The summed E-state index contributed by atoms with van der Waals surface area (Å²) in [7, 11) is 0. The molecule has 1 aromatic rings. The summed E-state index contributed by atoms with van der Waals surface area (Å²) in [5.41, 5.74) is 3.62. The smallest absolute Gasteiger partial charge is 0.167 e. The highest BCUT2D eigenvalue weighted by molar-refractivity contribution is 6.00. The van der Waals surface area contributed by atoms with Crippen LogP contribution in [0.3, 0.4) is 0 Å². The third-order valence-corrected chi connectivity index (χ3v) is 3.67. The van der Waals surface area contributed by atoms with Gasteiger partial charge in [-0.3, -0.25) is 4.79 Å². The molecule has 1 aliphatic carbocycles. The average molecular weight is 203 g/mol. The molecule has 1 saturated carbocycles. The van der Waals surface area contributed by atoms with Gasteiger partial charge >= 0.3 is 0 Å². The number of Topliss-reactive ketones (excluding diaryl/α,β-unsaturated/α-hetero) is 1.